The second-order valence-electron chi connectivity index (χ2n) is 6.61. The van der Waals surface area contributed by atoms with E-state index in [1.54, 1.807) is 0 Å². The fraction of sp³-hybridized carbons (Fsp3) is 0.812. The van der Waals surface area contributed by atoms with Crippen molar-refractivity contribution in [3.8, 4) is 0 Å². The van der Waals surface area contributed by atoms with Gasteiger partial charge in [-0.3, -0.25) is 9.58 Å². The third-order valence-electron chi connectivity index (χ3n) is 5.22. The van der Waals surface area contributed by atoms with Crippen LogP contribution in [0.5, 0.6) is 0 Å². The molecule has 2 unspecified atom stereocenters. The van der Waals surface area contributed by atoms with Crippen LogP contribution in [0.1, 0.15) is 55.1 Å². The van der Waals surface area contributed by atoms with Crippen LogP contribution in [0.15, 0.2) is 0 Å². The molecule has 0 bridgehead atoms. The van der Waals surface area contributed by atoms with Gasteiger partial charge in [0.25, 0.3) is 0 Å². The second-order valence-corrected chi connectivity index (χ2v) is 6.61. The van der Waals surface area contributed by atoms with Crippen LogP contribution in [0.3, 0.4) is 0 Å². The maximum atomic E-state index is 6.14. The zero-order chi connectivity index (χ0) is 14.3. The van der Waals surface area contributed by atoms with Crippen molar-refractivity contribution in [3.63, 3.8) is 0 Å². The lowest BCUT2D eigenvalue weighted by Crippen LogP contribution is -2.37. The van der Waals surface area contributed by atoms with E-state index in [9.17, 15) is 0 Å². The van der Waals surface area contributed by atoms with E-state index in [-0.39, 0.29) is 0 Å². The van der Waals surface area contributed by atoms with Gasteiger partial charge in [-0.15, -0.1) is 0 Å². The van der Waals surface area contributed by atoms with Crippen molar-refractivity contribution < 1.29 is 0 Å². The first-order chi connectivity index (χ1) is 9.63. The van der Waals surface area contributed by atoms with Crippen LogP contribution in [0.2, 0.25) is 0 Å². The van der Waals surface area contributed by atoms with Gasteiger partial charge in [0.05, 0.1) is 5.69 Å². The predicted molar refractivity (Wildman–Crippen MR) is 81.5 cm³/mol. The third-order valence-corrected chi connectivity index (χ3v) is 5.22. The van der Waals surface area contributed by atoms with E-state index in [2.05, 4.69) is 30.9 Å². The third kappa shape index (κ3) is 2.40. The fourth-order valence-electron chi connectivity index (χ4n) is 3.95. The van der Waals surface area contributed by atoms with Gasteiger partial charge >= 0.3 is 0 Å². The maximum absolute atomic E-state index is 6.14. The molecule has 3 rings (SSSR count). The summed E-state index contributed by atoms with van der Waals surface area (Å²) in [6, 6.07) is 1.29. The first-order valence-electron chi connectivity index (χ1n) is 8.09. The molecule has 20 heavy (non-hydrogen) atoms. The van der Waals surface area contributed by atoms with Crippen molar-refractivity contribution >= 4 is 0 Å². The highest BCUT2D eigenvalue weighted by atomic mass is 15.3. The SMILES string of the molecule is Cc1nn(C)c(C)c1C1C(CN)CCCCN1C1CC1. The molecular weight excluding hydrogens is 248 g/mol. The first kappa shape index (κ1) is 14.1. The average Bonchev–Trinajstić information content (AvgIpc) is 3.21. The maximum Gasteiger partial charge on any atom is 0.0644 e. The van der Waals surface area contributed by atoms with Gasteiger partial charge in [0.2, 0.25) is 0 Å². The summed E-state index contributed by atoms with van der Waals surface area (Å²) in [7, 11) is 2.06. The van der Waals surface area contributed by atoms with Gasteiger partial charge in [-0.05, 0) is 58.5 Å². The molecule has 1 aliphatic heterocycles. The van der Waals surface area contributed by atoms with Gasteiger partial charge in [0.1, 0.15) is 0 Å². The van der Waals surface area contributed by atoms with Gasteiger partial charge in [-0.25, -0.2) is 0 Å². The van der Waals surface area contributed by atoms with Gasteiger partial charge < -0.3 is 5.73 Å². The second kappa shape index (κ2) is 5.49. The Morgan fingerprint density at radius 3 is 2.50 bits per heavy atom. The number of nitrogens with two attached hydrogens (primary N) is 1. The Morgan fingerprint density at radius 2 is 1.95 bits per heavy atom. The molecule has 1 saturated carbocycles. The molecule has 0 amide bonds. The molecule has 4 heteroatoms. The van der Waals surface area contributed by atoms with Crippen LogP contribution >= 0.6 is 0 Å². The van der Waals surface area contributed by atoms with Crippen LogP contribution in [0.4, 0.5) is 0 Å². The summed E-state index contributed by atoms with van der Waals surface area (Å²) >= 11 is 0. The van der Waals surface area contributed by atoms with Crippen molar-refractivity contribution in [2.75, 3.05) is 13.1 Å². The molecule has 112 valence electrons. The molecule has 2 aliphatic rings. The van der Waals surface area contributed by atoms with Crippen molar-refractivity contribution in [2.45, 2.75) is 58.0 Å². The Labute approximate surface area is 122 Å². The summed E-state index contributed by atoms with van der Waals surface area (Å²) in [4.78, 5) is 2.75. The van der Waals surface area contributed by atoms with E-state index in [0.717, 1.165) is 12.6 Å². The van der Waals surface area contributed by atoms with Gasteiger partial charge in [-0.2, -0.15) is 5.10 Å². The summed E-state index contributed by atoms with van der Waals surface area (Å²) in [6.45, 7) is 6.39. The molecule has 1 aromatic heterocycles. The monoisotopic (exact) mass is 276 g/mol. The predicted octanol–water partition coefficient (Wildman–Crippen LogP) is 2.30. The molecule has 2 heterocycles. The highest BCUT2D eigenvalue weighted by molar-refractivity contribution is 5.30. The molecule has 0 aromatic carbocycles. The molecule has 1 aliphatic carbocycles. The number of nitrogens with zero attached hydrogens (tertiary/aromatic N) is 3. The Kier molecular flexibility index (Phi) is 3.87. The molecule has 0 radical (unpaired) electrons. The number of aryl methyl sites for hydroxylation is 2. The fourth-order valence-corrected chi connectivity index (χ4v) is 3.95. The summed E-state index contributed by atoms with van der Waals surface area (Å²) in [5.41, 5.74) is 10.1. The Morgan fingerprint density at radius 1 is 1.20 bits per heavy atom. The Bertz CT molecular complexity index is 475. The van der Waals surface area contributed by atoms with Crippen LogP contribution in [0.25, 0.3) is 0 Å². The lowest BCUT2D eigenvalue weighted by molar-refractivity contribution is 0.148. The molecule has 1 aromatic rings. The van der Waals surface area contributed by atoms with Crippen LogP contribution in [-0.4, -0.2) is 33.8 Å². The molecular formula is C16H28N4. The minimum Gasteiger partial charge on any atom is -0.330 e. The van der Waals surface area contributed by atoms with E-state index in [1.165, 1.54) is 55.6 Å². The van der Waals surface area contributed by atoms with Crippen LogP contribution in [-0.2, 0) is 7.05 Å². The topological polar surface area (TPSA) is 47.1 Å². The van der Waals surface area contributed by atoms with Gasteiger partial charge in [-0.1, -0.05) is 6.42 Å². The zero-order valence-electron chi connectivity index (χ0n) is 13.1. The summed E-state index contributed by atoms with van der Waals surface area (Å²) in [5, 5.41) is 4.65. The number of aromatic nitrogens is 2. The number of hydrogen-bond donors (Lipinski definition) is 1. The lowest BCUT2D eigenvalue weighted by Gasteiger charge is -2.35. The Balaban J connectivity index is 2.02. The minimum absolute atomic E-state index is 0.490. The standard InChI is InChI=1S/C16H28N4/c1-11-15(12(2)19(3)18-11)16-13(10-17)6-4-5-9-20(16)14-7-8-14/h13-14,16H,4-10,17H2,1-3H3. The van der Waals surface area contributed by atoms with Gasteiger partial charge in [0.15, 0.2) is 0 Å². The van der Waals surface area contributed by atoms with E-state index in [1.807, 2.05) is 4.68 Å². The molecule has 0 spiro atoms. The quantitative estimate of drug-likeness (QED) is 0.921. The van der Waals surface area contributed by atoms with Crippen molar-refractivity contribution in [2.24, 2.45) is 18.7 Å². The smallest absolute Gasteiger partial charge is 0.0644 e. The summed E-state index contributed by atoms with van der Waals surface area (Å²) < 4.78 is 2.04. The summed E-state index contributed by atoms with van der Waals surface area (Å²) in [5.74, 6) is 0.583. The van der Waals surface area contributed by atoms with E-state index < -0.39 is 0 Å². The zero-order valence-corrected chi connectivity index (χ0v) is 13.1. The van der Waals surface area contributed by atoms with Crippen LogP contribution in [0, 0.1) is 19.8 Å². The lowest BCUT2D eigenvalue weighted by atomic mass is 9.88. The average molecular weight is 276 g/mol. The normalized spacial score (nSPS) is 28.6. The van der Waals surface area contributed by atoms with Crippen molar-refractivity contribution in [3.05, 3.63) is 17.0 Å². The first-order valence-corrected chi connectivity index (χ1v) is 8.09. The van der Waals surface area contributed by atoms with Crippen LogP contribution < -0.4 is 5.73 Å². The minimum atomic E-state index is 0.490. The largest absolute Gasteiger partial charge is 0.330 e. The van der Waals surface area contributed by atoms with E-state index in [0.29, 0.717) is 12.0 Å². The molecule has 2 fully saturated rings. The Hall–Kier alpha value is -0.870. The molecule has 4 nitrogen and oxygen atoms in total. The van der Waals surface area contributed by atoms with Gasteiger partial charge in [0, 0.05) is 30.4 Å². The number of rotatable bonds is 3. The molecule has 2 atom stereocenters. The summed E-state index contributed by atoms with van der Waals surface area (Å²) in [6.07, 6.45) is 6.64. The highest BCUT2D eigenvalue weighted by Crippen LogP contribution is 2.43. The van der Waals surface area contributed by atoms with E-state index in [4.69, 9.17) is 5.73 Å². The number of hydrogen-bond acceptors (Lipinski definition) is 3. The molecule has 2 N–H and O–H groups in total. The number of likely N-dealkylation sites (tertiary alicyclic amines) is 1. The highest BCUT2D eigenvalue weighted by Gasteiger charge is 2.40. The van der Waals surface area contributed by atoms with Crippen molar-refractivity contribution in [1.82, 2.24) is 14.7 Å². The molecule has 1 saturated heterocycles. The van der Waals surface area contributed by atoms with Crippen molar-refractivity contribution in [1.29, 1.82) is 0 Å². The van der Waals surface area contributed by atoms with E-state index >= 15 is 0 Å².